The molecule has 0 radical (unpaired) electrons. The van der Waals surface area contributed by atoms with Crippen LogP contribution in [0.15, 0.2) is 0 Å². The van der Waals surface area contributed by atoms with Crippen LogP contribution in [0.1, 0.15) is 39.0 Å². The molecule has 12 heavy (non-hydrogen) atoms. The molecule has 1 nitrogen and oxygen atoms in total. The van der Waals surface area contributed by atoms with Crippen LogP contribution in [0.5, 0.6) is 0 Å². The molecule has 0 fully saturated rings. The van der Waals surface area contributed by atoms with Gasteiger partial charge in [0.2, 0.25) is 0 Å². The summed E-state index contributed by atoms with van der Waals surface area (Å²) in [5, 5.41) is 0. The molecule has 0 aliphatic heterocycles. The molecule has 0 aromatic rings. The predicted molar refractivity (Wildman–Crippen MR) is 57.0 cm³/mol. The first-order valence-electron chi connectivity index (χ1n) is 5.05. The predicted octanol–water partition coefficient (Wildman–Crippen LogP) is 3.13. The van der Waals surface area contributed by atoms with Gasteiger partial charge in [-0.15, -0.1) is 11.6 Å². The molecule has 0 aromatic carbocycles. The highest BCUT2D eigenvalue weighted by Crippen LogP contribution is 2.02. The lowest BCUT2D eigenvalue weighted by molar-refractivity contribution is 0.342. The topological polar surface area (TPSA) is 3.24 Å². The van der Waals surface area contributed by atoms with Crippen molar-refractivity contribution in [1.82, 2.24) is 4.90 Å². The van der Waals surface area contributed by atoms with E-state index in [1.54, 1.807) is 0 Å². The minimum atomic E-state index is 0.755. The van der Waals surface area contributed by atoms with Gasteiger partial charge in [-0.2, -0.15) is 0 Å². The van der Waals surface area contributed by atoms with Crippen molar-refractivity contribution in [3.8, 4) is 0 Å². The maximum atomic E-state index is 5.62. The van der Waals surface area contributed by atoms with Crippen LogP contribution in [0.4, 0.5) is 0 Å². The van der Waals surface area contributed by atoms with E-state index in [9.17, 15) is 0 Å². The van der Waals surface area contributed by atoms with E-state index in [0.717, 1.165) is 12.4 Å². The van der Waals surface area contributed by atoms with Crippen LogP contribution in [0.3, 0.4) is 0 Å². The smallest absolute Gasteiger partial charge is 0.0351 e. The Hall–Kier alpha value is 0.250. The van der Waals surface area contributed by atoms with Gasteiger partial charge < -0.3 is 4.90 Å². The van der Waals surface area contributed by atoms with Gasteiger partial charge in [0.15, 0.2) is 0 Å². The SMILES string of the molecule is CCCCCCCN(C)CCCl. The summed E-state index contributed by atoms with van der Waals surface area (Å²) in [5.74, 6) is 0.755. The van der Waals surface area contributed by atoms with Crippen LogP contribution in [0, 0.1) is 0 Å². The summed E-state index contributed by atoms with van der Waals surface area (Å²) in [5.41, 5.74) is 0. The number of hydrogen-bond acceptors (Lipinski definition) is 1. The zero-order chi connectivity index (χ0) is 9.23. The van der Waals surface area contributed by atoms with Gasteiger partial charge in [0.05, 0.1) is 0 Å². The van der Waals surface area contributed by atoms with Gasteiger partial charge in [0.1, 0.15) is 0 Å². The summed E-state index contributed by atoms with van der Waals surface area (Å²) in [7, 11) is 2.14. The summed E-state index contributed by atoms with van der Waals surface area (Å²) >= 11 is 5.62. The van der Waals surface area contributed by atoms with Gasteiger partial charge in [-0.05, 0) is 20.0 Å². The van der Waals surface area contributed by atoms with Gasteiger partial charge in [0.25, 0.3) is 0 Å². The zero-order valence-electron chi connectivity index (χ0n) is 8.48. The summed E-state index contributed by atoms with van der Waals surface area (Å²) in [6, 6.07) is 0. The fourth-order valence-corrected chi connectivity index (χ4v) is 1.53. The summed E-state index contributed by atoms with van der Waals surface area (Å²) in [6.45, 7) is 4.48. The molecule has 0 N–H and O–H groups in total. The average molecular weight is 192 g/mol. The summed E-state index contributed by atoms with van der Waals surface area (Å²) in [6.07, 6.45) is 6.82. The molecule has 0 aliphatic carbocycles. The van der Waals surface area contributed by atoms with E-state index >= 15 is 0 Å². The van der Waals surface area contributed by atoms with Crippen molar-refractivity contribution in [3.63, 3.8) is 0 Å². The van der Waals surface area contributed by atoms with E-state index in [1.807, 2.05) is 0 Å². The van der Waals surface area contributed by atoms with Crippen molar-refractivity contribution in [2.75, 3.05) is 26.0 Å². The Kier molecular flexibility index (Phi) is 9.53. The van der Waals surface area contributed by atoms with Crippen LogP contribution in [-0.2, 0) is 0 Å². The molecule has 0 rings (SSSR count). The maximum absolute atomic E-state index is 5.62. The molecule has 0 atom stereocenters. The Labute approximate surface area is 82.1 Å². The third kappa shape index (κ3) is 8.35. The highest BCUT2D eigenvalue weighted by Gasteiger charge is 1.95. The molecule has 0 aromatic heterocycles. The molecule has 0 heterocycles. The number of nitrogens with zero attached hydrogens (tertiary/aromatic N) is 1. The Morgan fingerprint density at radius 1 is 1.00 bits per heavy atom. The van der Waals surface area contributed by atoms with Gasteiger partial charge in [-0.25, -0.2) is 0 Å². The minimum absolute atomic E-state index is 0.755. The normalized spacial score (nSPS) is 11.0. The largest absolute Gasteiger partial charge is 0.305 e. The van der Waals surface area contributed by atoms with E-state index in [-0.39, 0.29) is 0 Å². The number of alkyl halides is 1. The standard InChI is InChI=1S/C10H22ClN/c1-3-4-5-6-7-9-12(2)10-8-11/h3-10H2,1-2H3. The molecule has 0 spiro atoms. The highest BCUT2D eigenvalue weighted by atomic mass is 35.5. The van der Waals surface area contributed by atoms with Crippen LogP contribution in [0.25, 0.3) is 0 Å². The number of unbranched alkanes of at least 4 members (excludes halogenated alkanes) is 4. The van der Waals surface area contributed by atoms with Crippen LogP contribution < -0.4 is 0 Å². The average Bonchev–Trinajstić information content (AvgIpc) is 2.05. The van der Waals surface area contributed by atoms with Gasteiger partial charge in [-0.1, -0.05) is 32.6 Å². The molecule has 2 heteroatoms. The van der Waals surface area contributed by atoms with Crippen molar-refractivity contribution in [2.24, 2.45) is 0 Å². The lowest BCUT2D eigenvalue weighted by Gasteiger charge is -2.13. The number of hydrogen-bond donors (Lipinski definition) is 0. The monoisotopic (exact) mass is 191 g/mol. The first-order valence-corrected chi connectivity index (χ1v) is 5.59. The molecule has 0 saturated heterocycles. The van der Waals surface area contributed by atoms with Gasteiger partial charge in [-0.3, -0.25) is 0 Å². The highest BCUT2D eigenvalue weighted by molar-refractivity contribution is 6.18. The lowest BCUT2D eigenvalue weighted by Crippen LogP contribution is -2.21. The Morgan fingerprint density at radius 3 is 2.25 bits per heavy atom. The molecular weight excluding hydrogens is 170 g/mol. The van der Waals surface area contributed by atoms with E-state index < -0.39 is 0 Å². The van der Waals surface area contributed by atoms with Crippen LogP contribution >= 0.6 is 11.6 Å². The second kappa shape index (κ2) is 9.34. The van der Waals surface area contributed by atoms with Crippen molar-refractivity contribution < 1.29 is 0 Å². The van der Waals surface area contributed by atoms with Crippen LogP contribution in [0.2, 0.25) is 0 Å². The van der Waals surface area contributed by atoms with Gasteiger partial charge in [0, 0.05) is 12.4 Å². The number of rotatable bonds is 8. The minimum Gasteiger partial charge on any atom is -0.305 e. The Morgan fingerprint density at radius 2 is 1.67 bits per heavy atom. The number of halogens is 1. The Bertz CT molecular complexity index is 85.9. The summed E-state index contributed by atoms with van der Waals surface area (Å²) in [4.78, 5) is 2.30. The van der Waals surface area contributed by atoms with Crippen molar-refractivity contribution >= 4 is 11.6 Å². The van der Waals surface area contributed by atoms with Gasteiger partial charge >= 0.3 is 0 Å². The molecule has 74 valence electrons. The maximum Gasteiger partial charge on any atom is 0.0351 e. The van der Waals surface area contributed by atoms with Crippen molar-refractivity contribution in [1.29, 1.82) is 0 Å². The van der Waals surface area contributed by atoms with Crippen molar-refractivity contribution in [3.05, 3.63) is 0 Å². The van der Waals surface area contributed by atoms with E-state index in [0.29, 0.717) is 0 Å². The first kappa shape index (κ1) is 12.2. The second-order valence-electron chi connectivity index (χ2n) is 3.41. The third-order valence-electron chi connectivity index (χ3n) is 2.11. The third-order valence-corrected chi connectivity index (χ3v) is 2.28. The fourth-order valence-electron chi connectivity index (χ4n) is 1.24. The van der Waals surface area contributed by atoms with Crippen molar-refractivity contribution in [2.45, 2.75) is 39.0 Å². The molecule has 0 saturated carbocycles. The van der Waals surface area contributed by atoms with E-state index in [4.69, 9.17) is 11.6 Å². The molecule has 0 bridgehead atoms. The molecule has 0 unspecified atom stereocenters. The fraction of sp³-hybridized carbons (Fsp3) is 1.00. The lowest BCUT2D eigenvalue weighted by atomic mass is 10.1. The molecule has 0 aliphatic rings. The van der Waals surface area contributed by atoms with E-state index in [2.05, 4.69) is 18.9 Å². The van der Waals surface area contributed by atoms with E-state index in [1.165, 1.54) is 38.6 Å². The second-order valence-corrected chi connectivity index (χ2v) is 3.78. The Balaban J connectivity index is 2.97. The summed E-state index contributed by atoms with van der Waals surface area (Å²) < 4.78 is 0. The quantitative estimate of drug-likeness (QED) is 0.421. The molecular formula is C10H22ClN. The van der Waals surface area contributed by atoms with Crippen LogP contribution in [-0.4, -0.2) is 30.9 Å². The molecule has 0 amide bonds. The first-order chi connectivity index (χ1) is 5.81. The zero-order valence-corrected chi connectivity index (χ0v) is 9.24.